The minimum Gasteiger partial charge on any atom is -0.481 e. The van der Waals surface area contributed by atoms with E-state index in [1.54, 1.807) is 0 Å². The van der Waals surface area contributed by atoms with Gasteiger partial charge in [-0.25, -0.2) is 0 Å². The highest BCUT2D eigenvalue weighted by molar-refractivity contribution is 6.08. The van der Waals surface area contributed by atoms with Gasteiger partial charge >= 0.3 is 12.1 Å². The Kier molecular flexibility index (Phi) is 3.55. The summed E-state index contributed by atoms with van der Waals surface area (Å²) in [5, 5.41) is 8.61. The molecular weight excluding hydrogens is 237 g/mol. The third-order valence-corrected chi connectivity index (χ3v) is 2.26. The van der Waals surface area contributed by atoms with Crippen LogP contribution in [0, 0.1) is 5.92 Å². The maximum Gasteiger partial charge on any atom is 0.417 e. The monoisotopic (exact) mass is 246 g/mol. The van der Waals surface area contributed by atoms with Gasteiger partial charge in [0.15, 0.2) is 5.78 Å². The second kappa shape index (κ2) is 4.57. The molecule has 6 heteroatoms. The zero-order valence-electron chi connectivity index (χ0n) is 8.78. The van der Waals surface area contributed by atoms with Gasteiger partial charge in [0.2, 0.25) is 0 Å². The van der Waals surface area contributed by atoms with Crippen molar-refractivity contribution in [2.75, 3.05) is 0 Å². The Morgan fingerprint density at radius 2 is 1.76 bits per heavy atom. The second-order valence-electron chi connectivity index (χ2n) is 3.47. The molecular formula is C11H9F3O3. The standard InChI is InChI=1S/C11H9F3O3/c1-6(10(16)17)9(15)7-4-2-3-5-8(7)11(12,13)14/h2-6H,1H3,(H,16,17)/t6-/m0/s1. The lowest BCUT2D eigenvalue weighted by Crippen LogP contribution is -2.23. The molecule has 0 fully saturated rings. The Balaban J connectivity index is 3.24. The topological polar surface area (TPSA) is 54.4 Å². The molecule has 0 saturated carbocycles. The van der Waals surface area contributed by atoms with Gasteiger partial charge in [-0.2, -0.15) is 13.2 Å². The molecule has 0 radical (unpaired) electrons. The summed E-state index contributed by atoms with van der Waals surface area (Å²) in [6.45, 7) is 1.05. The third kappa shape index (κ3) is 2.83. The molecule has 3 nitrogen and oxygen atoms in total. The minimum absolute atomic E-state index is 0.616. The molecule has 1 atom stereocenters. The van der Waals surface area contributed by atoms with Crippen LogP contribution in [0.15, 0.2) is 24.3 Å². The van der Waals surface area contributed by atoms with Crippen molar-refractivity contribution in [2.45, 2.75) is 13.1 Å². The maximum atomic E-state index is 12.6. The number of carbonyl (C=O) groups is 2. The van der Waals surface area contributed by atoms with Crippen molar-refractivity contribution >= 4 is 11.8 Å². The number of alkyl halides is 3. The van der Waals surface area contributed by atoms with Crippen LogP contribution in [0.1, 0.15) is 22.8 Å². The van der Waals surface area contributed by atoms with Crippen LogP contribution in [0.5, 0.6) is 0 Å². The average molecular weight is 246 g/mol. The fourth-order valence-electron chi connectivity index (χ4n) is 1.29. The van der Waals surface area contributed by atoms with Crippen molar-refractivity contribution in [2.24, 2.45) is 5.92 Å². The molecule has 0 amide bonds. The Morgan fingerprint density at radius 1 is 1.24 bits per heavy atom. The highest BCUT2D eigenvalue weighted by Crippen LogP contribution is 2.32. The quantitative estimate of drug-likeness (QED) is 0.658. The largest absolute Gasteiger partial charge is 0.481 e. The Labute approximate surface area is 94.9 Å². The summed E-state index contributed by atoms with van der Waals surface area (Å²) in [4.78, 5) is 22.1. The van der Waals surface area contributed by atoms with Gasteiger partial charge in [-0.1, -0.05) is 18.2 Å². The normalized spacial score (nSPS) is 13.2. The Bertz CT molecular complexity index is 452. The van der Waals surface area contributed by atoms with Gasteiger partial charge in [0, 0.05) is 5.56 Å². The van der Waals surface area contributed by atoms with Crippen molar-refractivity contribution in [1.29, 1.82) is 0 Å². The lowest BCUT2D eigenvalue weighted by Gasteiger charge is -2.13. The first-order chi connectivity index (χ1) is 7.75. The molecule has 0 spiro atoms. The number of carbonyl (C=O) groups excluding carboxylic acids is 1. The maximum absolute atomic E-state index is 12.6. The van der Waals surface area contributed by atoms with E-state index in [4.69, 9.17) is 5.11 Å². The van der Waals surface area contributed by atoms with Crippen molar-refractivity contribution in [3.63, 3.8) is 0 Å². The van der Waals surface area contributed by atoms with Crippen LogP contribution in [-0.4, -0.2) is 16.9 Å². The van der Waals surface area contributed by atoms with Crippen LogP contribution in [0.4, 0.5) is 13.2 Å². The van der Waals surface area contributed by atoms with Gasteiger partial charge < -0.3 is 5.11 Å². The van der Waals surface area contributed by atoms with Gasteiger partial charge in [-0.3, -0.25) is 9.59 Å². The molecule has 0 unspecified atom stereocenters. The van der Waals surface area contributed by atoms with Gasteiger partial charge in [0.1, 0.15) is 5.92 Å². The van der Waals surface area contributed by atoms with Crippen LogP contribution in [-0.2, 0) is 11.0 Å². The summed E-state index contributed by atoms with van der Waals surface area (Å²) in [7, 11) is 0. The number of aliphatic carboxylic acids is 1. The predicted molar refractivity (Wildman–Crippen MR) is 52.6 cm³/mol. The number of Topliss-reactive ketones (excluding diaryl/α,β-unsaturated/α-hetero) is 1. The number of benzene rings is 1. The summed E-state index contributed by atoms with van der Waals surface area (Å²) >= 11 is 0. The number of hydrogen-bond acceptors (Lipinski definition) is 2. The number of hydrogen-bond donors (Lipinski definition) is 1. The number of carboxylic acids is 1. The molecule has 0 bridgehead atoms. The van der Waals surface area contributed by atoms with E-state index in [0.717, 1.165) is 25.1 Å². The van der Waals surface area contributed by atoms with Crippen molar-refractivity contribution in [3.8, 4) is 0 Å². The molecule has 1 N–H and O–H groups in total. The Morgan fingerprint density at radius 3 is 2.24 bits per heavy atom. The summed E-state index contributed by atoms with van der Waals surface area (Å²) in [6.07, 6.45) is -4.68. The molecule has 92 valence electrons. The predicted octanol–water partition coefficient (Wildman–Crippen LogP) is 2.61. The first-order valence-corrected chi connectivity index (χ1v) is 4.68. The van der Waals surface area contributed by atoms with E-state index in [0.29, 0.717) is 0 Å². The smallest absolute Gasteiger partial charge is 0.417 e. The molecule has 0 aliphatic carbocycles. The lowest BCUT2D eigenvalue weighted by molar-refractivity contribution is -0.140. The third-order valence-electron chi connectivity index (χ3n) is 2.26. The summed E-state index contributed by atoms with van der Waals surface area (Å²) in [6, 6.07) is 4.13. The number of ketones is 1. The van der Waals surface area contributed by atoms with Crippen molar-refractivity contribution in [1.82, 2.24) is 0 Å². The van der Waals surface area contributed by atoms with E-state index in [-0.39, 0.29) is 0 Å². The average Bonchev–Trinajstić information content (AvgIpc) is 2.25. The van der Waals surface area contributed by atoms with E-state index in [1.807, 2.05) is 0 Å². The SMILES string of the molecule is C[C@H](C(=O)O)C(=O)c1ccccc1C(F)(F)F. The van der Waals surface area contributed by atoms with Gasteiger partial charge in [-0.05, 0) is 13.0 Å². The van der Waals surface area contributed by atoms with Gasteiger partial charge in [0.05, 0.1) is 5.56 Å². The van der Waals surface area contributed by atoms with Crippen LogP contribution < -0.4 is 0 Å². The second-order valence-corrected chi connectivity index (χ2v) is 3.47. The van der Waals surface area contributed by atoms with E-state index in [1.165, 1.54) is 6.07 Å². The van der Waals surface area contributed by atoms with Crippen molar-refractivity contribution < 1.29 is 27.9 Å². The molecule has 1 aromatic rings. The fraction of sp³-hybridized carbons (Fsp3) is 0.273. The zero-order valence-corrected chi connectivity index (χ0v) is 8.78. The van der Waals surface area contributed by atoms with Crippen LogP contribution in [0.3, 0.4) is 0 Å². The molecule has 17 heavy (non-hydrogen) atoms. The highest BCUT2D eigenvalue weighted by Gasteiger charge is 2.36. The van der Waals surface area contributed by atoms with E-state index >= 15 is 0 Å². The summed E-state index contributed by atoms with van der Waals surface area (Å²) in [5.41, 5.74) is -1.73. The van der Waals surface area contributed by atoms with E-state index in [9.17, 15) is 22.8 Å². The van der Waals surface area contributed by atoms with Gasteiger partial charge in [0.25, 0.3) is 0 Å². The number of carboxylic acid groups (broad SMARTS) is 1. The molecule has 1 rings (SSSR count). The fourth-order valence-corrected chi connectivity index (χ4v) is 1.29. The number of rotatable bonds is 3. The van der Waals surface area contributed by atoms with E-state index < -0.39 is 35.0 Å². The molecule has 0 aliphatic heterocycles. The zero-order chi connectivity index (χ0) is 13.2. The first-order valence-electron chi connectivity index (χ1n) is 4.68. The lowest BCUT2D eigenvalue weighted by atomic mass is 9.95. The summed E-state index contributed by atoms with van der Waals surface area (Å²) < 4.78 is 37.7. The molecule has 1 aromatic carbocycles. The van der Waals surface area contributed by atoms with Crippen molar-refractivity contribution in [3.05, 3.63) is 35.4 Å². The molecule has 0 aromatic heterocycles. The van der Waals surface area contributed by atoms with Crippen LogP contribution in [0.2, 0.25) is 0 Å². The minimum atomic E-state index is -4.68. The van der Waals surface area contributed by atoms with Crippen LogP contribution in [0.25, 0.3) is 0 Å². The van der Waals surface area contributed by atoms with Crippen LogP contribution >= 0.6 is 0 Å². The highest BCUT2D eigenvalue weighted by atomic mass is 19.4. The summed E-state index contributed by atoms with van der Waals surface area (Å²) in [5.74, 6) is -4.00. The molecule has 0 heterocycles. The molecule has 0 aliphatic rings. The Hall–Kier alpha value is -1.85. The first kappa shape index (κ1) is 13.2. The van der Waals surface area contributed by atoms with E-state index in [2.05, 4.69) is 0 Å². The number of halogens is 3. The molecule has 0 saturated heterocycles. The van der Waals surface area contributed by atoms with Gasteiger partial charge in [-0.15, -0.1) is 0 Å².